The number of benzene rings is 1. The van der Waals surface area contributed by atoms with Gasteiger partial charge in [0.25, 0.3) is 5.91 Å². The molecule has 0 atom stereocenters. The maximum Gasteiger partial charge on any atom is 0.251 e. The van der Waals surface area contributed by atoms with E-state index >= 15 is 0 Å². The second-order valence-electron chi connectivity index (χ2n) is 4.13. The number of hydrogen-bond donors (Lipinski definition) is 1. The molecule has 3 nitrogen and oxygen atoms in total. The highest BCUT2D eigenvalue weighted by atomic mass is 32.1. The molecule has 0 bridgehead atoms. The van der Waals surface area contributed by atoms with Crippen LogP contribution in [0.25, 0.3) is 0 Å². The SMILES string of the molecule is CCCOc1ccc(C(=O)NCc2cccs2)cc1. The highest BCUT2D eigenvalue weighted by Crippen LogP contribution is 2.13. The van der Waals surface area contributed by atoms with E-state index in [4.69, 9.17) is 4.74 Å². The van der Waals surface area contributed by atoms with Crippen LogP contribution in [-0.2, 0) is 6.54 Å². The molecule has 0 saturated carbocycles. The molecular weight excluding hydrogens is 258 g/mol. The molecule has 0 radical (unpaired) electrons. The van der Waals surface area contributed by atoms with Crippen molar-refractivity contribution in [2.45, 2.75) is 19.9 Å². The van der Waals surface area contributed by atoms with E-state index in [-0.39, 0.29) is 5.91 Å². The van der Waals surface area contributed by atoms with Gasteiger partial charge in [-0.3, -0.25) is 4.79 Å². The maximum absolute atomic E-state index is 11.9. The minimum absolute atomic E-state index is 0.0598. The van der Waals surface area contributed by atoms with Gasteiger partial charge < -0.3 is 10.1 Å². The average Bonchev–Trinajstić information content (AvgIpc) is 2.96. The van der Waals surface area contributed by atoms with Gasteiger partial charge in [-0.1, -0.05) is 13.0 Å². The Morgan fingerprint density at radius 3 is 2.68 bits per heavy atom. The zero-order valence-electron chi connectivity index (χ0n) is 10.9. The monoisotopic (exact) mass is 275 g/mol. The number of nitrogens with one attached hydrogen (secondary N) is 1. The van der Waals surface area contributed by atoms with Crippen LogP contribution < -0.4 is 10.1 Å². The minimum atomic E-state index is -0.0598. The van der Waals surface area contributed by atoms with Crippen LogP contribution in [0.15, 0.2) is 41.8 Å². The predicted octanol–water partition coefficient (Wildman–Crippen LogP) is 3.47. The molecule has 1 aromatic carbocycles. The Kier molecular flexibility index (Phi) is 4.98. The van der Waals surface area contributed by atoms with Crippen molar-refractivity contribution in [3.63, 3.8) is 0 Å². The highest BCUT2D eigenvalue weighted by molar-refractivity contribution is 7.09. The van der Waals surface area contributed by atoms with Crippen molar-refractivity contribution in [1.29, 1.82) is 0 Å². The van der Waals surface area contributed by atoms with Crippen molar-refractivity contribution in [2.24, 2.45) is 0 Å². The average molecular weight is 275 g/mol. The first kappa shape index (κ1) is 13.6. The van der Waals surface area contributed by atoms with Crippen LogP contribution in [0, 0.1) is 0 Å². The summed E-state index contributed by atoms with van der Waals surface area (Å²) in [7, 11) is 0. The van der Waals surface area contributed by atoms with Crippen LogP contribution in [0.1, 0.15) is 28.6 Å². The second kappa shape index (κ2) is 6.95. The standard InChI is InChI=1S/C15H17NO2S/c1-2-9-18-13-7-5-12(6-8-13)15(17)16-11-14-4-3-10-19-14/h3-8,10H,2,9,11H2,1H3,(H,16,17). The molecule has 0 aliphatic heterocycles. The van der Waals surface area contributed by atoms with Crippen LogP contribution in [0.3, 0.4) is 0 Å². The molecule has 0 aliphatic rings. The summed E-state index contributed by atoms with van der Waals surface area (Å²) >= 11 is 1.64. The van der Waals surface area contributed by atoms with Crippen molar-refractivity contribution in [2.75, 3.05) is 6.61 Å². The van der Waals surface area contributed by atoms with Gasteiger partial charge in [-0.25, -0.2) is 0 Å². The maximum atomic E-state index is 11.9. The molecule has 0 spiro atoms. The van der Waals surface area contributed by atoms with E-state index in [1.54, 1.807) is 23.5 Å². The fourth-order valence-corrected chi connectivity index (χ4v) is 2.25. The fourth-order valence-electron chi connectivity index (χ4n) is 1.61. The van der Waals surface area contributed by atoms with Crippen LogP contribution >= 0.6 is 11.3 Å². The Bertz CT molecular complexity index is 505. The van der Waals surface area contributed by atoms with Crippen LogP contribution in [0.2, 0.25) is 0 Å². The lowest BCUT2D eigenvalue weighted by Crippen LogP contribution is -2.22. The fraction of sp³-hybridized carbons (Fsp3) is 0.267. The summed E-state index contributed by atoms with van der Waals surface area (Å²) in [6.45, 7) is 3.33. The van der Waals surface area contributed by atoms with E-state index in [1.165, 1.54) is 0 Å². The van der Waals surface area contributed by atoms with Gasteiger partial charge in [0.05, 0.1) is 13.2 Å². The topological polar surface area (TPSA) is 38.3 Å². The third-order valence-corrected chi connectivity index (χ3v) is 3.47. The van der Waals surface area contributed by atoms with Gasteiger partial charge in [0.1, 0.15) is 5.75 Å². The number of thiophene rings is 1. The molecular formula is C15H17NO2S. The Balaban J connectivity index is 1.88. The molecule has 0 unspecified atom stereocenters. The molecule has 4 heteroatoms. The first-order valence-electron chi connectivity index (χ1n) is 6.33. The Labute approximate surface area is 117 Å². The Morgan fingerprint density at radius 2 is 2.05 bits per heavy atom. The number of ether oxygens (including phenoxy) is 1. The lowest BCUT2D eigenvalue weighted by atomic mass is 10.2. The predicted molar refractivity (Wildman–Crippen MR) is 77.7 cm³/mol. The first-order chi connectivity index (χ1) is 9.29. The zero-order chi connectivity index (χ0) is 13.5. The minimum Gasteiger partial charge on any atom is -0.494 e. The smallest absolute Gasteiger partial charge is 0.251 e. The normalized spacial score (nSPS) is 10.2. The molecule has 19 heavy (non-hydrogen) atoms. The summed E-state index contributed by atoms with van der Waals surface area (Å²) in [5, 5.41) is 4.90. The Hall–Kier alpha value is -1.81. The molecule has 100 valence electrons. The Morgan fingerprint density at radius 1 is 1.26 bits per heavy atom. The molecule has 0 aliphatic carbocycles. The summed E-state index contributed by atoms with van der Waals surface area (Å²) in [5.41, 5.74) is 0.653. The van der Waals surface area contributed by atoms with E-state index in [2.05, 4.69) is 12.2 Å². The molecule has 2 rings (SSSR count). The van der Waals surface area contributed by atoms with E-state index in [9.17, 15) is 4.79 Å². The second-order valence-corrected chi connectivity index (χ2v) is 5.17. The van der Waals surface area contributed by atoms with E-state index < -0.39 is 0 Å². The zero-order valence-corrected chi connectivity index (χ0v) is 11.7. The van der Waals surface area contributed by atoms with Gasteiger partial charge in [0.15, 0.2) is 0 Å². The summed E-state index contributed by atoms with van der Waals surface area (Å²) in [4.78, 5) is 13.1. The van der Waals surface area contributed by atoms with Crippen LogP contribution in [0.5, 0.6) is 5.75 Å². The third-order valence-electron chi connectivity index (χ3n) is 2.59. The molecule has 1 heterocycles. The van der Waals surface area contributed by atoms with Gasteiger partial charge >= 0.3 is 0 Å². The third kappa shape index (κ3) is 4.10. The lowest BCUT2D eigenvalue weighted by molar-refractivity contribution is 0.0951. The van der Waals surface area contributed by atoms with Crippen molar-refractivity contribution in [3.05, 3.63) is 52.2 Å². The molecule has 1 amide bonds. The highest BCUT2D eigenvalue weighted by Gasteiger charge is 2.05. The molecule has 0 saturated heterocycles. The number of hydrogen-bond acceptors (Lipinski definition) is 3. The number of carbonyl (C=O) groups excluding carboxylic acids is 1. The van der Waals surface area contributed by atoms with Gasteiger partial charge in [-0.05, 0) is 42.1 Å². The van der Waals surface area contributed by atoms with E-state index in [1.807, 2.05) is 29.6 Å². The van der Waals surface area contributed by atoms with E-state index in [0.29, 0.717) is 18.7 Å². The number of rotatable bonds is 6. The van der Waals surface area contributed by atoms with Crippen molar-refractivity contribution in [3.8, 4) is 5.75 Å². The van der Waals surface area contributed by atoms with Crippen molar-refractivity contribution < 1.29 is 9.53 Å². The van der Waals surface area contributed by atoms with Gasteiger partial charge in [-0.2, -0.15) is 0 Å². The summed E-state index contributed by atoms with van der Waals surface area (Å²) in [6, 6.07) is 11.2. The van der Waals surface area contributed by atoms with Gasteiger partial charge in [-0.15, -0.1) is 11.3 Å². The molecule has 1 aromatic heterocycles. The summed E-state index contributed by atoms with van der Waals surface area (Å²) < 4.78 is 5.48. The van der Waals surface area contributed by atoms with E-state index in [0.717, 1.165) is 17.0 Å². The first-order valence-corrected chi connectivity index (χ1v) is 7.21. The van der Waals surface area contributed by atoms with Gasteiger partial charge in [0.2, 0.25) is 0 Å². The largest absolute Gasteiger partial charge is 0.494 e. The molecule has 0 fully saturated rings. The molecule has 2 aromatic rings. The molecule has 1 N–H and O–H groups in total. The van der Waals surface area contributed by atoms with Crippen LogP contribution in [0.4, 0.5) is 0 Å². The van der Waals surface area contributed by atoms with Gasteiger partial charge in [0, 0.05) is 10.4 Å². The summed E-state index contributed by atoms with van der Waals surface area (Å²) in [5.74, 6) is 0.743. The van der Waals surface area contributed by atoms with Crippen molar-refractivity contribution >= 4 is 17.2 Å². The van der Waals surface area contributed by atoms with Crippen molar-refractivity contribution in [1.82, 2.24) is 5.32 Å². The quantitative estimate of drug-likeness (QED) is 0.876. The number of amides is 1. The van der Waals surface area contributed by atoms with Crippen LogP contribution in [-0.4, -0.2) is 12.5 Å². The lowest BCUT2D eigenvalue weighted by Gasteiger charge is -2.06. The summed E-state index contributed by atoms with van der Waals surface area (Å²) in [6.07, 6.45) is 0.975. The number of carbonyl (C=O) groups is 1.